The van der Waals surface area contributed by atoms with E-state index in [2.05, 4.69) is 71.1 Å². The molecule has 2 aromatic heterocycles. The smallest absolute Gasteiger partial charge is 0.0991 e. The molecule has 6 rings (SSSR count). The number of aromatic nitrogens is 1. The van der Waals surface area contributed by atoms with Crippen molar-refractivity contribution in [2.75, 3.05) is 0 Å². The van der Waals surface area contributed by atoms with E-state index >= 15 is 0 Å². The molecule has 2 heteroatoms. The van der Waals surface area contributed by atoms with E-state index in [1.165, 1.54) is 43.7 Å². The van der Waals surface area contributed by atoms with Gasteiger partial charge in [0.2, 0.25) is 0 Å². The fourth-order valence-electron chi connectivity index (χ4n) is 4.35. The zero-order chi connectivity index (χ0) is 18.0. The van der Waals surface area contributed by atoms with Crippen molar-refractivity contribution < 1.29 is 0 Å². The average Bonchev–Trinajstić information content (AvgIpc) is 3.25. The van der Waals surface area contributed by atoms with Gasteiger partial charge in [-0.2, -0.15) is 5.26 Å². The molecule has 0 aliphatic carbocycles. The summed E-state index contributed by atoms with van der Waals surface area (Å²) in [6.45, 7) is 0. The minimum atomic E-state index is 0.686. The molecule has 2 heterocycles. The Morgan fingerprint density at radius 2 is 1.15 bits per heavy atom. The maximum absolute atomic E-state index is 9.08. The maximum Gasteiger partial charge on any atom is 0.0991 e. The summed E-state index contributed by atoms with van der Waals surface area (Å²) in [6, 6.07) is 31.8. The molecule has 124 valence electrons. The Morgan fingerprint density at radius 1 is 0.593 bits per heavy atom. The van der Waals surface area contributed by atoms with Crippen LogP contribution in [0.25, 0.3) is 49.2 Å². The SMILES string of the molecule is N#Cc1ccc(-c2cc3c4ccccc4n4c5ccccc5c(c2)c34)cc1. The average molecular weight is 342 g/mol. The lowest BCUT2D eigenvalue weighted by atomic mass is 9.99. The Balaban J connectivity index is 1.82. The van der Waals surface area contributed by atoms with Crippen molar-refractivity contribution in [1.82, 2.24) is 4.40 Å². The lowest BCUT2D eigenvalue weighted by molar-refractivity contribution is 1.37. The zero-order valence-electron chi connectivity index (χ0n) is 14.5. The summed E-state index contributed by atoms with van der Waals surface area (Å²) in [5, 5.41) is 14.2. The number of nitriles is 1. The van der Waals surface area contributed by atoms with Crippen molar-refractivity contribution in [2.45, 2.75) is 0 Å². The molecule has 6 aromatic rings. The van der Waals surface area contributed by atoms with Gasteiger partial charge in [0, 0.05) is 21.5 Å². The van der Waals surface area contributed by atoms with Crippen molar-refractivity contribution in [2.24, 2.45) is 0 Å². The molecule has 0 bridgehead atoms. The molecule has 0 amide bonds. The maximum atomic E-state index is 9.08. The van der Waals surface area contributed by atoms with Gasteiger partial charge in [-0.05, 0) is 47.5 Å². The van der Waals surface area contributed by atoms with Crippen LogP contribution in [0.3, 0.4) is 0 Å². The molecule has 2 nitrogen and oxygen atoms in total. The van der Waals surface area contributed by atoms with Crippen molar-refractivity contribution in [1.29, 1.82) is 5.26 Å². The number of rotatable bonds is 1. The molecule has 0 radical (unpaired) electrons. The van der Waals surface area contributed by atoms with Gasteiger partial charge >= 0.3 is 0 Å². The third-order valence-electron chi connectivity index (χ3n) is 5.55. The van der Waals surface area contributed by atoms with Crippen LogP contribution in [-0.4, -0.2) is 4.40 Å². The van der Waals surface area contributed by atoms with Gasteiger partial charge in [-0.25, -0.2) is 0 Å². The molecular weight excluding hydrogens is 328 g/mol. The molecule has 0 saturated carbocycles. The van der Waals surface area contributed by atoms with Gasteiger partial charge in [-0.1, -0.05) is 48.5 Å². The summed E-state index contributed by atoms with van der Waals surface area (Å²) in [6.07, 6.45) is 0. The first-order chi connectivity index (χ1) is 13.3. The highest BCUT2D eigenvalue weighted by molar-refractivity contribution is 6.24. The quantitative estimate of drug-likeness (QED) is 0.341. The number of hydrogen-bond acceptors (Lipinski definition) is 1. The lowest BCUT2D eigenvalue weighted by Crippen LogP contribution is -1.80. The van der Waals surface area contributed by atoms with Gasteiger partial charge in [0.05, 0.1) is 28.2 Å². The molecule has 4 aromatic carbocycles. The van der Waals surface area contributed by atoms with Crippen LogP contribution in [0.15, 0.2) is 84.9 Å². The van der Waals surface area contributed by atoms with Crippen LogP contribution >= 0.6 is 0 Å². The zero-order valence-corrected chi connectivity index (χ0v) is 14.5. The highest BCUT2D eigenvalue weighted by atomic mass is 14.9. The van der Waals surface area contributed by atoms with Crippen LogP contribution in [0.2, 0.25) is 0 Å². The molecule has 0 spiro atoms. The van der Waals surface area contributed by atoms with E-state index in [-0.39, 0.29) is 0 Å². The minimum Gasteiger partial charge on any atom is -0.308 e. The second kappa shape index (κ2) is 5.09. The predicted molar refractivity (Wildman–Crippen MR) is 111 cm³/mol. The van der Waals surface area contributed by atoms with E-state index in [0.29, 0.717) is 5.56 Å². The van der Waals surface area contributed by atoms with Gasteiger partial charge in [-0.3, -0.25) is 0 Å². The van der Waals surface area contributed by atoms with E-state index in [9.17, 15) is 0 Å². The van der Waals surface area contributed by atoms with Crippen molar-refractivity contribution in [3.63, 3.8) is 0 Å². The van der Waals surface area contributed by atoms with Crippen molar-refractivity contribution in [3.8, 4) is 17.2 Å². The highest BCUT2D eigenvalue weighted by Crippen LogP contribution is 2.41. The van der Waals surface area contributed by atoms with Gasteiger partial charge in [0.25, 0.3) is 0 Å². The summed E-state index contributed by atoms with van der Waals surface area (Å²) in [7, 11) is 0. The third-order valence-corrected chi connectivity index (χ3v) is 5.55. The molecular formula is C25H14N2. The summed E-state index contributed by atoms with van der Waals surface area (Å²) in [5.74, 6) is 0. The van der Waals surface area contributed by atoms with Crippen molar-refractivity contribution >= 4 is 38.1 Å². The van der Waals surface area contributed by atoms with Crippen LogP contribution in [0, 0.1) is 11.3 Å². The normalized spacial score (nSPS) is 11.7. The van der Waals surface area contributed by atoms with Gasteiger partial charge in [-0.15, -0.1) is 0 Å². The first-order valence-electron chi connectivity index (χ1n) is 9.03. The predicted octanol–water partition coefficient (Wildman–Crippen LogP) is 6.38. The minimum absolute atomic E-state index is 0.686. The molecule has 0 atom stereocenters. The fourth-order valence-corrected chi connectivity index (χ4v) is 4.35. The topological polar surface area (TPSA) is 28.2 Å². The first-order valence-corrected chi connectivity index (χ1v) is 9.03. The van der Waals surface area contributed by atoms with Crippen LogP contribution in [-0.2, 0) is 0 Å². The van der Waals surface area contributed by atoms with E-state index in [1.54, 1.807) is 0 Å². The fraction of sp³-hybridized carbons (Fsp3) is 0. The Bertz CT molecular complexity index is 1430. The van der Waals surface area contributed by atoms with Gasteiger partial charge < -0.3 is 4.40 Å². The van der Waals surface area contributed by atoms with Crippen molar-refractivity contribution in [3.05, 3.63) is 90.5 Å². The molecule has 0 N–H and O–H groups in total. The van der Waals surface area contributed by atoms with Crippen LogP contribution in [0.5, 0.6) is 0 Å². The van der Waals surface area contributed by atoms with E-state index in [1.807, 2.05) is 24.3 Å². The number of para-hydroxylation sites is 2. The monoisotopic (exact) mass is 342 g/mol. The van der Waals surface area contributed by atoms with Crippen LogP contribution < -0.4 is 0 Å². The largest absolute Gasteiger partial charge is 0.308 e. The van der Waals surface area contributed by atoms with E-state index in [0.717, 1.165) is 5.56 Å². The number of nitrogens with zero attached hydrogens (tertiary/aromatic N) is 2. The summed E-state index contributed by atoms with van der Waals surface area (Å²) < 4.78 is 2.39. The molecule has 27 heavy (non-hydrogen) atoms. The molecule has 0 fully saturated rings. The summed E-state index contributed by atoms with van der Waals surface area (Å²) in [5.41, 5.74) is 6.78. The van der Waals surface area contributed by atoms with Crippen LogP contribution in [0.1, 0.15) is 5.56 Å². The van der Waals surface area contributed by atoms with Gasteiger partial charge in [0.15, 0.2) is 0 Å². The Morgan fingerprint density at radius 3 is 1.70 bits per heavy atom. The number of fused-ring (bicyclic) bond motifs is 6. The molecule has 0 aliphatic heterocycles. The number of hydrogen-bond donors (Lipinski definition) is 0. The van der Waals surface area contributed by atoms with E-state index in [4.69, 9.17) is 5.26 Å². The summed E-state index contributed by atoms with van der Waals surface area (Å²) >= 11 is 0. The second-order valence-electron chi connectivity index (χ2n) is 6.98. The van der Waals surface area contributed by atoms with Crippen LogP contribution in [0.4, 0.5) is 0 Å². The Labute approximate surface area is 155 Å². The summed E-state index contributed by atoms with van der Waals surface area (Å²) in [4.78, 5) is 0. The second-order valence-corrected chi connectivity index (χ2v) is 6.98. The van der Waals surface area contributed by atoms with Gasteiger partial charge in [0.1, 0.15) is 0 Å². The Kier molecular flexibility index (Phi) is 2.71. The molecule has 0 aliphatic rings. The van der Waals surface area contributed by atoms with E-state index < -0.39 is 0 Å². The first kappa shape index (κ1) is 14.4. The standard InChI is InChI=1S/C25H14N2/c26-15-16-9-11-17(12-10-16)18-13-21-19-5-1-3-7-23(19)27-24-8-4-2-6-20(24)22(14-18)25(21)27/h1-14H. The molecule has 0 unspecified atom stereocenters. The Hall–Kier alpha value is -3.83. The number of benzene rings is 4. The highest BCUT2D eigenvalue weighted by Gasteiger charge is 2.18. The lowest BCUT2D eigenvalue weighted by Gasteiger charge is -2.04. The molecule has 0 saturated heterocycles. The third kappa shape index (κ3) is 1.83.